The van der Waals surface area contributed by atoms with Crippen LogP contribution in [0.3, 0.4) is 0 Å². The van der Waals surface area contributed by atoms with Gasteiger partial charge in [0.2, 0.25) is 0 Å². The molecule has 2 atom stereocenters. The average molecular weight is 333 g/mol. The lowest BCUT2D eigenvalue weighted by molar-refractivity contribution is 0.155. The van der Waals surface area contributed by atoms with E-state index in [1.807, 2.05) is 6.92 Å². The summed E-state index contributed by atoms with van der Waals surface area (Å²) >= 11 is 0. The SMILES string of the molecule is C/C=C/C1CCC(/C=C/C2CCC(C(C)CCC(C)O)CC2)CC1. The zero-order valence-corrected chi connectivity index (χ0v) is 16.3. The van der Waals surface area contributed by atoms with E-state index in [0.717, 1.165) is 36.0 Å². The summed E-state index contributed by atoms with van der Waals surface area (Å²) in [5.74, 6) is 4.20. The monoisotopic (exact) mass is 332 g/mol. The smallest absolute Gasteiger partial charge is 0.0512 e. The molecule has 0 bridgehead atoms. The molecule has 2 unspecified atom stereocenters. The predicted molar refractivity (Wildman–Crippen MR) is 105 cm³/mol. The van der Waals surface area contributed by atoms with Gasteiger partial charge in [-0.15, -0.1) is 0 Å². The molecule has 24 heavy (non-hydrogen) atoms. The normalized spacial score (nSPS) is 34.7. The van der Waals surface area contributed by atoms with Gasteiger partial charge in [0.15, 0.2) is 0 Å². The second kappa shape index (κ2) is 10.4. The van der Waals surface area contributed by atoms with Crippen LogP contribution >= 0.6 is 0 Å². The first kappa shape index (κ1) is 19.8. The maximum atomic E-state index is 9.47. The van der Waals surface area contributed by atoms with Gasteiger partial charge in [-0.2, -0.15) is 0 Å². The predicted octanol–water partition coefficient (Wildman–Crippen LogP) is 6.53. The quantitative estimate of drug-likeness (QED) is 0.525. The fourth-order valence-electron chi connectivity index (χ4n) is 4.76. The highest BCUT2D eigenvalue weighted by Crippen LogP contribution is 2.37. The first-order chi connectivity index (χ1) is 11.6. The summed E-state index contributed by atoms with van der Waals surface area (Å²) in [5, 5.41) is 9.47. The standard InChI is InChI=1S/C23H40O/c1-4-5-20-8-10-21(11-9-20)12-13-22-14-16-23(17-15-22)18(2)6-7-19(3)24/h4-5,12-13,18-24H,6-11,14-17H2,1-3H3/b5-4+,13-12+. The lowest BCUT2D eigenvalue weighted by atomic mass is 9.74. The van der Waals surface area contributed by atoms with E-state index in [2.05, 4.69) is 38.2 Å². The first-order valence-electron chi connectivity index (χ1n) is 10.6. The molecular formula is C23H40O. The van der Waals surface area contributed by atoms with E-state index in [1.54, 1.807) is 0 Å². The van der Waals surface area contributed by atoms with Gasteiger partial charge in [0.1, 0.15) is 0 Å². The number of aliphatic hydroxyl groups is 1. The van der Waals surface area contributed by atoms with Crippen molar-refractivity contribution in [2.24, 2.45) is 29.6 Å². The molecule has 2 aliphatic rings. The number of hydrogen-bond acceptors (Lipinski definition) is 1. The van der Waals surface area contributed by atoms with Crippen molar-refractivity contribution < 1.29 is 5.11 Å². The highest BCUT2D eigenvalue weighted by atomic mass is 16.3. The molecule has 0 aromatic heterocycles. The van der Waals surface area contributed by atoms with Crippen molar-refractivity contribution in [1.82, 2.24) is 0 Å². The summed E-state index contributed by atoms with van der Waals surface area (Å²) in [6.07, 6.45) is 22.9. The molecule has 1 nitrogen and oxygen atoms in total. The van der Waals surface area contributed by atoms with E-state index in [1.165, 1.54) is 57.8 Å². The zero-order chi connectivity index (χ0) is 17.4. The summed E-state index contributed by atoms with van der Waals surface area (Å²) in [6, 6.07) is 0. The fraction of sp³-hybridized carbons (Fsp3) is 0.826. The third kappa shape index (κ3) is 6.75. The van der Waals surface area contributed by atoms with Gasteiger partial charge in [-0.05, 0) is 108 Å². The van der Waals surface area contributed by atoms with Crippen molar-refractivity contribution in [3.05, 3.63) is 24.3 Å². The van der Waals surface area contributed by atoms with Crippen LogP contribution in [0.25, 0.3) is 0 Å². The van der Waals surface area contributed by atoms with Crippen LogP contribution in [0.2, 0.25) is 0 Å². The van der Waals surface area contributed by atoms with E-state index in [0.29, 0.717) is 0 Å². The second-order valence-corrected chi connectivity index (χ2v) is 8.66. The molecule has 0 amide bonds. The highest BCUT2D eigenvalue weighted by Gasteiger charge is 2.24. The molecular weight excluding hydrogens is 292 g/mol. The van der Waals surface area contributed by atoms with Gasteiger partial charge in [0.25, 0.3) is 0 Å². The Kier molecular flexibility index (Phi) is 8.59. The number of hydrogen-bond donors (Lipinski definition) is 1. The Morgan fingerprint density at radius 2 is 1.21 bits per heavy atom. The third-order valence-electron chi connectivity index (χ3n) is 6.60. The lowest BCUT2D eigenvalue weighted by Crippen LogP contribution is -2.20. The van der Waals surface area contributed by atoms with E-state index in [-0.39, 0.29) is 6.10 Å². The Morgan fingerprint density at radius 1 is 0.750 bits per heavy atom. The molecule has 1 heteroatoms. The van der Waals surface area contributed by atoms with Gasteiger partial charge in [0.05, 0.1) is 6.10 Å². The van der Waals surface area contributed by atoms with Crippen LogP contribution < -0.4 is 0 Å². The lowest BCUT2D eigenvalue weighted by Gasteiger charge is -2.32. The zero-order valence-electron chi connectivity index (χ0n) is 16.3. The third-order valence-corrected chi connectivity index (χ3v) is 6.60. The largest absolute Gasteiger partial charge is 0.393 e. The molecule has 0 spiro atoms. The Hall–Kier alpha value is -0.560. The van der Waals surface area contributed by atoms with Crippen molar-refractivity contribution in [3.63, 3.8) is 0 Å². The molecule has 0 aliphatic heterocycles. The van der Waals surface area contributed by atoms with Crippen molar-refractivity contribution in [2.75, 3.05) is 0 Å². The summed E-state index contributed by atoms with van der Waals surface area (Å²) in [5.41, 5.74) is 0. The summed E-state index contributed by atoms with van der Waals surface area (Å²) in [6.45, 7) is 6.46. The van der Waals surface area contributed by atoms with Crippen molar-refractivity contribution >= 4 is 0 Å². The molecule has 0 radical (unpaired) electrons. The molecule has 2 aliphatic carbocycles. The van der Waals surface area contributed by atoms with E-state index >= 15 is 0 Å². The van der Waals surface area contributed by atoms with Crippen LogP contribution in [0, 0.1) is 29.6 Å². The minimum atomic E-state index is -0.130. The molecule has 2 fully saturated rings. The molecule has 2 rings (SSSR count). The van der Waals surface area contributed by atoms with Gasteiger partial charge in [-0.1, -0.05) is 31.2 Å². The number of rotatable bonds is 7. The molecule has 1 N–H and O–H groups in total. The maximum absolute atomic E-state index is 9.47. The summed E-state index contributed by atoms with van der Waals surface area (Å²) in [7, 11) is 0. The molecule has 2 saturated carbocycles. The van der Waals surface area contributed by atoms with Crippen LogP contribution in [0.5, 0.6) is 0 Å². The average Bonchev–Trinajstić information content (AvgIpc) is 2.60. The maximum Gasteiger partial charge on any atom is 0.0512 e. The first-order valence-corrected chi connectivity index (χ1v) is 10.6. The number of aliphatic hydroxyl groups excluding tert-OH is 1. The van der Waals surface area contributed by atoms with E-state index in [4.69, 9.17) is 0 Å². The second-order valence-electron chi connectivity index (χ2n) is 8.66. The summed E-state index contributed by atoms with van der Waals surface area (Å²) in [4.78, 5) is 0. The van der Waals surface area contributed by atoms with Gasteiger partial charge >= 0.3 is 0 Å². The molecule has 0 aromatic carbocycles. The Bertz CT molecular complexity index is 379. The van der Waals surface area contributed by atoms with E-state index < -0.39 is 0 Å². The Morgan fingerprint density at radius 3 is 1.67 bits per heavy atom. The minimum absolute atomic E-state index is 0.130. The molecule has 138 valence electrons. The highest BCUT2D eigenvalue weighted by molar-refractivity contribution is 4.98. The topological polar surface area (TPSA) is 20.2 Å². The van der Waals surface area contributed by atoms with Gasteiger partial charge < -0.3 is 5.11 Å². The van der Waals surface area contributed by atoms with Gasteiger partial charge in [-0.25, -0.2) is 0 Å². The van der Waals surface area contributed by atoms with Gasteiger partial charge in [-0.3, -0.25) is 0 Å². The fourth-order valence-corrected chi connectivity index (χ4v) is 4.76. The molecule has 0 saturated heterocycles. The van der Waals surface area contributed by atoms with E-state index in [9.17, 15) is 5.11 Å². The van der Waals surface area contributed by atoms with Crippen molar-refractivity contribution in [3.8, 4) is 0 Å². The van der Waals surface area contributed by atoms with Gasteiger partial charge in [0, 0.05) is 0 Å². The van der Waals surface area contributed by atoms with Crippen LogP contribution in [0.1, 0.15) is 85.0 Å². The molecule has 0 heterocycles. The molecule has 0 aromatic rings. The Balaban J connectivity index is 1.66. The van der Waals surface area contributed by atoms with Crippen LogP contribution in [-0.4, -0.2) is 11.2 Å². The van der Waals surface area contributed by atoms with Crippen LogP contribution in [-0.2, 0) is 0 Å². The van der Waals surface area contributed by atoms with Crippen molar-refractivity contribution in [1.29, 1.82) is 0 Å². The van der Waals surface area contributed by atoms with Crippen molar-refractivity contribution in [2.45, 2.75) is 91.1 Å². The summed E-state index contributed by atoms with van der Waals surface area (Å²) < 4.78 is 0. The van der Waals surface area contributed by atoms with Crippen LogP contribution in [0.4, 0.5) is 0 Å². The Labute approximate surface area is 150 Å². The minimum Gasteiger partial charge on any atom is -0.393 e. The van der Waals surface area contributed by atoms with Crippen LogP contribution in [0.15, 0.2) is 24.3 Å². The number of allylic oxidation sites excluding steroid dienone is 4.